The predicted octanol–water partition coefficient (Wildman–Crippen LogP) is 7.07. The molecule has 3 aromatic carbocycles. The number of rotatable bonds is 4. The van der Waals surface area contributed by atoms with Crippen LogP contribution in [0.25, 0.3) is 0 Å². The van der Waals surface area contributed by atoms with E-state index in [0.717, 1.165) is 59.2 Å². The monoisotopic (exact) mass is 486 g/mol. The van der Waals surface area contributed by atoms with Crippen LogP contribution in [-0.2, 0) is 12.8 Å². The summed E-state index contributed by atoms with van der Waals surface area (Å²) in [6, 6.07) is 11.9. The summed E-state index contributed by atoms with van der Waals surface area (Å²) in [5.41, 5.74) is 3.13. The SMILES string of the molecule is Cc1cc(NC(=O)NC(=O)c2c(F)cccc2Cl)ccc1Oc1ccc(Cl)c2c1CCCC2. The molecule has 5 nitrogen and oxygen atoms in total. The lowest BCUT2D eigenvalue weighted by Crippen LogP contribution is -2.35. The average Bonchev–Trinajstić information content (AvgIpc) is 2.77. The Hall–Kier alpha value is -3.09. The van der Waals surface area contributed by atoms with Gasteiger partial charge >= 0.3 is 6.03 Å². The van der Waals surface area contributed by atoms with E-state index in [1.54, 1.807) is 18.2 Å². The number of halogens is 3. The number of nitrogens with one attached hydrogen (secondary N) is 2. The van der Waals surface area contributed by atoms with Crippen molar-refractivity contribution in [2.24, 2.45) is 0 Å². The minimum Gasteiger partial charge on any atom is -0.457 e. The maximum atomic E-state index is 13.9. The number of fused-ring (bicyclic) bond motifs is 1. The van der Waals surface area contributed by atoms with Crippen LogP contribution in [0.1, 0.15) is 39.9 Å². The predicted molar refractivity (Wildman–Crippen MR) is 127 cm³/mol. The fraction of sp³-hybridized carbons (Fsp3) is 0.200. The summed E-state index contributed by atoms with van der Waals surface area (Å²) < 4.78 is 20.1. The summed E-state index contributed by atoms with van der Waals surface area (Å²) in [6.45, 7) is 1.85. The van der Waals surface area contributed by atoms with Gasteiger partial charge in [0.05, 0.1) is 10.6 Å². The Morgan fingerprint density at radius 2 is 1.67 bits per heavy atom. The molecule has 0 heterocycles. The van der Waals surface area contributed by atoms with Crippen LogP contribution in [0.2, 0.25) is 10.0 Å². The van der Waals surface area contributed by atoms with Crippen LogP contribution in [0.5, 0.6) is 11.5 Å². The number of aryl methyl sites for hydroxylation is 1. The molecule has 1 aliphatic rings. The van der Waals surface area contributed by atoms with E-state index >= 15 is 0 Å². The number of amides is 3. The molecule has 0 aliphatic heterocycles. The number of carbonyl (C=O) groups is 2. The van der Waals surface area contributed by atoms with Crippen molar-refractivity contribution >= 4 is 40.8 Å². The Balaban J connectivity index is 1.45. The van der Waals surface area contributed by atoms with Gasteiger partial charge in [-0.3, -0.25) is 10.1 Å². The zero-order valence-corrected chi connectivity index (χ0v) is 19.3. The van der Waals surface area contributed by atoms with Crippen molar-refractivity contribution in [3.05, 3.63) is 86.6 Å². The second-order valence-corrected chi connectivity index (χ2v) is 8.61. The van der Waals surface area contributed by atoms with Crippen LogP contribution in [0.4, 0.5) is 14.9 Å². The van der Waals surface area contributed by atoms with E-state index in [1.165, 1.54) is 12.1 Å². The van der Waals surface area contributed by atoms with Gasteiger partial charge in [-0.05, 0) is 91.8 Å². The standard InChI is InChI=1S/C25H21Cl2FN2O3/c1-14-13-15(29-25(32)30-24(31)23-19(27)7-4-8-20(23)28)9-11-21(14)33-22-12-10-18(26)16-5-2-3-6-17(16)22/h4,7-13H,2-3,5-6H2,1H3,(H2,29,30,31,32). The van der Waals surface area contributed by atoms with Crippen LogP contribution in [0.3, 0.4) is 0 Å². The van der Waals surface area contributed by atoms with Crippen molar-refractivity contribution in [3.8, 4) is 11.5 Å². The van der Waals surface area contributed by atoms with Crippen LogP contribution in [-0.4, -0.2) is 11.9 Å². The number of hydrogen-bond donors (Lipinski definition) is 2. The largest absolute Gasteiger partial charge is 0.457 e. The number of urea groups is 1. The molecule has 0 aromatic heterocycles. The van der Waals surface area contributed by atoms with Crippen molar-refractivity contribution < 1.29 is 18.7 Å². The van der Waals surface area contributed by atoms with Crippen LogP contribution >= 0.6 is 23.2 Å². The fourth-order valence-electron chi connectivity index (χ4n) is 3.89. The first-order valence-corrected chi connectivity index (χ1v) is 11.2. The summed E-state index contributed by atoms with van der Waals surface area (Å²) >= 11 is 12.2. The first-order chi connectivity index (χ1) is 15.8. The molecule has 0 spiro atoms. The van der Waals surface area contributed by atoms with E-state index in [0.29, 0.717) is 11.4 Å². The Morgan fingerprint density at radius 1 is 0.939 bits per heavy atom. The average molecular weight is 487 g/mol. The van der Waals surface area contributed by atoms with Gasteiger partial charge in [-0.25, -0.2) is 9.18 Å². The maximum absolute atomic E-state index is 13.9. The van der Waals surface area contributed by atoms with E-state index in [-0.39, 0.29) is 10.6 Å². The summed E-state index contributed by atoms with van der Waals surface area (Å²) in [5.74, 6) is -0.317. The zero-order valence-electron chi connectivity index (χ0n) is 17.8. The second-order valence-electron chi connectivity index (χ2n) is 7.80. The highest BCUT2D eigenvalue weighted by Crippen LogP contribution is 2.37. The minimum atomic E-state index is -0.931. The van der Waals surface area contributed by atoms with Gasteiger partial charge in [-0.1, -0.05) is 29.3 Å². The lowest BCUT2D eigenvalue weighted by molar-refractivity contribution is 0.0963. The molecule has 2 N–H and O–H groups in total. The molecule has 33 heavy (non-hydrogen) atoms. The molecule has 0 saturated heterocycles. The number of ether oxygens (including phenoxy) is 1. The van der Waals surface area contributed by atoms with E-state index in [1.807, 2.05) is 19.1 Å². The van der Waals surface area contributed by atoms with Gasteiger partial charge < -0.3 is 10.1 Å². The summed E-state index contributed by atoms with van der Waals surface area (Å²) in [4.78, 5) is 24.5. The smallest absolute Gasteiger partial charge is 0.326 e. The molecular weight excluding hydrogens is 466 g/mol. The molecule has 0 atom stereocenters. The number of anilines is 1. The molecule has 0 unspecified atom stereocenters. The summed E-state index contributed by atoms with van der Waals surface area (Å²) in [6.07, 6.45) is 4.07. The highest BCUT2D eigenvalue weighted by molar-refractivity contribution is 6.34. The maximum Gasteiger partial charge on any atom is 0.326 e. The van der Waals surface area contributed by atoms with E-state index < -0.39 is 17.8 Å². The van der Waals surface area contributed by atoms with Crippen molar-refractivity contribution in [1.29, 1.82) is 0 Å². The van der Waals surface area contributed by atoms with E-state index in [2.05, 4.69) is 10.6 Å². The molecule has 3 aromatic rings. The lowest BCUT2D eigenvalue weighted by Gasteiger charge is -2.21. The van der Waals surface area contributed by atoms with Gasteiger partial charge in [0, 0.05) is 10.7 Å². The minimum absolute atomic E-state index is 0.0815. The summed E-state index contributed by atoms with van der Waals surface area (Å²) in [7, 11) is 0. The van der Waals surface area contributed by atoms with Crippen LogP contribution < -0.4 is 15.4 Å². The third kappa shape index (κ3) is 5.13. The molecule has 0 bridgehead atoms. The van der Waals surface area contributed by atoms with Gasteiger partial charge in [0.25, 0.3) is 5.91 Å². The van der Waals surface area contributed by atoms with Gasteiger partial charge in [0.2, 0.25) is 0 Å². The third-order valence-corrected chi connectivity index (χ3v) is 6.17. The normalized spacial score (nSPS) is 12.6. The van der Waals surface area contributed by atoms with Crippen LogP contribution in [0, 0.1) is 12.7 Å². The number of imide groups is 1. The Bertz CT molecular complexity index is 1230. The number of hydrogen-bond acceptors (Lipinski definition) is 3. The van der Waals surface area contributed by atoms with Gasteiger partial charge in [0.15, 0.2) is 0 Å². The highest BCUT2D eigenvalue weighted by atomic mass is 35.5. The molecule has 3 amide bonds. The Kier molecular flexibility index (Phi) is 6.86. The third-order valence-electron chi connectivity index (χ3n) is 5.50. The summed E-state index contributed by atoms with van der Waals surface area (Å²) in [5, 5.41) is 5.33. The molecule has 8 heteroatoms. The topological polar surface area (TPSA) is 67.4 Å². The number of benzene rings is 3. The molecule has 1 aliphatic carbocycles. The molecule has 4 rings (SSSR count). The Morgan fingerprint density at radius 3 is 2.39 bits per heavy atom. The van der Waals surface area contributed by atoms with Crippen LogP contribution in [0.15, 0.2) is 48.5 Å². The highest BCUT2D eigenvalue weighted by Gasteiger charge is 2.20. The number of carbonyl (C=O) groups excluding carboxylic acids is 2. The van der Waals surface area contributed by atoms with E-state index in [4.69, 9.17) is 27.9 Å². The quantitative estimate of drug-likeness (QED) is 0.414. The fourth-order valence-corrected chi connectivity index (χ4v) is 4.41. The molecule has 0 saturated carbocycles. The van der Waals surface area contributed by atoms with Crippen molar-refractivity contribution in [1.82, 2.24) is 5.32 Å². The van der Waals surface area contributed by atoms with Gasteiger partial charge in [-0.15, -0.1) is 0 Å². The lowest BCUT2D eigenvalue weighted by atomic mass is 9.91. The molecule has 0 fully saturated rings. The van der Waals surface area contributed by atoms with Crippen molar-refractivity contribution in [2.75, 3.05) is 5.32 Å². The first kappa shape index (κ1) is 23.1. The zero-order chi connectivity index (χ0) is 23.5. The van der Waals surface area contributed by atoms with Crippen molar-refractivity contribution in [2.45, 2.75) is 32.6 Å². The molecule has 0 radical (unpaired) electrons. The van der Waals surface area contributed by atoms with E-state index in [9.17, 15) is 14.0 Å². The van der Waals surface area contributed by atoms with Gasteiger partial charge in [0.1, 0.15) is 17.3 Å². The van der Waals surface area contributed by atoms with Gasteiger partial charge in [-0.2, -0.15) is 0 Å². The van der Waals surface area contributed by atoms with Crippen molar-refractivity contribution in [3.63, 3.8) is 0 Å². The first-order valence-electron chi connectivity index (χ1n) is 10.5. The molecule has 170 valence electrons. The second kappa shape index (κ2) is 9.81. The Labute approximate surface area is 200 Å². The molecular formula is C25H21Cl2FN2O3.